The lowest BCUT2D eigenvalue weighted by Gasteiger charge is -2.34. The van der Waals surface area contributed by atoms with Gasteiger partial charge < -0.3 is 4.90 Å². The summed E-state index contributed by atoms with van der Waals surface area (Å²) in [6.45, 7) is 1.85. The second-order valence-corrected chi connectivity index (χ2v) is 6.75. The van der Waals surface area contributed by atoms with Crippen LogP contribution in [0.15, 0.2) is 23.1 Å². The molecule has 0 bridgehead atoms. The van der Waals surface area contributed by atoms with Crippen LogP contribution in [0, 0.1) is 0 Å². The number of rotatable bonds is 4. The molecule has 2 N–H and O–H groups in total. The maximum absolute atomic E-state index is 12.3. The second kappa shape index (κ2) is 5.54. The average Bonchev–Trinajstić information content (AvgIpc) is 2.34. The standard InChI is InChI=1S/C14H20N2O3S/c1-3-10-7-8-11(9-13(10)20(15,18)19)14(17)16(2)12-5-4-6-12/h7-9,12H,3-6H2,1-2H3,(H2,15,18,19). The van der Waals surface area contributed by atoms with Crippen molar-refractivity contribution in [1.82, 2.24) is 4.90 Å². The Labute approximate surface area is 119 Å². The molecule has 0 unspecified atom stereocenters. The topological polar surface area (TPSA) is 80.5 Å². The van der Waals surface area contributed by atoms with Gasteiger partial charge >= 0.3 is 0 Å². The van der Waals surface area contributed by atoms with Gasteiger partial charge in [-0.25, -0.2) is 13.6 Å². The molecule has 1 aliphatic rings. The van der Waals surface area contributed by atoms with Crippen molar-refractivity contribution in [3.05, 3.63) is 29.3 Å². The number of nitrogens with two attached hydrogens (primary N) is 1. The van der Waals surface area contributed by atoms with Crippen LogP contribution in [0.5, 0.6) is 0 Å². The summed E-state index contributed by atoms with van der Waals surface area (Å²) in [5, 5.41) is 5.22. The molecular formula is C14H20N2O3S. The van der Waals surface area contributed by atoms with Crippen LogP contribution in [0.4, 0.5) is 0 Å². The van der Waals surface area contributed by atoms with Crippen LogP contribution in [-0.2, 0) is 16.4 Å². The number of benzene rings is 1. The van der Waals surface area contributed by atoms with E-state index in [-0.39, 0.29) is 16.8 Å². The van der Waals surface area contributed by atoms with Gasteiger partial charge in [-0.15, -0.1) is 0 Å². The van der Waals surface area contributed by atoms with Crippen molar-refractivity contribution in [3.8, 4) is 0 Å². The normalized spacial score (nSPS) is 15.8. The zero-order valence-electron chi connectivity index (χ0n) is 11.8. The fraction of sp³-hybridized carbons (Fsp3) is 0.500. The van der Waals surface area contributed by atoms with Crippen molar-refractivity contribution < 1.29 is 13.2 Å². The first kappa shape index (κ1) is 15.0. The monoisotopic (exact) mass is 296 g/mol. The van der Waals surface area contributed by atoms with Gasteiger partial charge in [0.2, 0.25) is 10.0 Å². The smallest absolute Gasteiger partial charge is 0.253 e. The van der Waals surface area contributed by atoms with Crippen LogP contribution >= 0.6 is 0 Å². The van der Waals surface area contributed by atoms with E-state index < -0.39 is 10.0 Å². The SMILES string of the molecule is CCc1ccc(C(=O)N(C)C2CCC2)cc1S(N)(=O)=O. The molecule has 1 fully saturated rings. The quantitative estimate of drug-likeness (QED) is 0.914. The van der Waals surface area contributed by atoms with Gasteiger partial charge in [0.25, 0.3) is 5.91 Å². The largest absolute Gasteiger partial charge is 0.339 e. The highest BCUT2D eigenvalue weighted by molar-refractivity contribution is 7.89. The number of nitrogens with zero attached hydrogens (tertiary/aromatic N) is 1. The number of hydrogen-bond donors (Lipinski definition) is 1. The van der Waals surface area contributed by atoms with Crippen molar-refractivity contribution in [3.63, 3.8) is 0 Å². The van der Waals surface area contributed by atoms with Gasteiger partial charge in [0.05, 0.1) is 4.90 Å². The van der Waals surface area contributed by atoms with Crippen LogP contribution in [0.25, 0.3) is 0 Å². The lowest BCUT2D eigenvalue weighted by atomic mass is 9.91. The lowest BCUT2D eigenvalue weighted by Crippen LogP contribution is -2.41. The Hall–Kier alpha value is -1.40. The molecule has 1 amide bonds. The number of sulfonamides is 1. The van der Waals surface area contributed by atoms with Crippen LogP contribution in [0.3, 0.4) is 0 Å². The van der Waals surface area contributed by atoms with E-state index >= 15 is 0 Å². The third-order valence-corrected chi connectivity index (χ3v) is 4.94. The number of amides is 1. The molecule has 0 saturated heterocycles. The van der Waals surface area contributed by atoms with Gasteiger partial charge in [0.15, 0.2) is 0 Å². The van der Waals surface area contributed by atoms with E-state index in [2.05, 4.69) is 0 Å². The maximum atomic E-state index is 12.3. The molecule has 20 heavy (non-hydrogen) atoms. The van der Waals surface area contributed by atoms with E-state index in [4.69, 9.17) is 5.14 Å². The van der Waals surface area contributed by atoms with Gasteiger partial charge in [-0.3, -0.25) is 4.79 Å². The summed E-state index contributed by atoms with van der Waals surface area (Å²) >= 11 is 0. The van der Waals surface area contributed by atoms with Gasteiger partial charge in [-0.2, -0.15) is 0 Å². The van der Waals surface area contributed by atoms with Crippen molar-refractivity contribution >= 4 is 15.9 Å². The molecule has 0 heterocycles. The first-order valence-electron chi connectivity index (χ1n) is 6.77. The van der Waals surface area contributed by atoms with Crippen LogP contribution < -0.4 is 5.14 Å². The summed E-state index contributed by atoms with van der Waals surface area (Å²) < 4.78 is 23.2. The van der Waals surface area contributed by atoms with E-state index in [0.29, 0.717) is 17.5 Å². The highest BCUT2D eigenvalue weighted by atomic mass is 32.2. The number of primary sulfonamides is 1. The third kappa shape index (κ3) is 2.86. The van der Waals surface area contributed by atoms with Gasteiger partial charge in [-0.1, -0.05) is 13.0 Å². The third-order valence-electron chi connectivity index (χ3n) is 3.94. The van der Waals surface area contributed by atoms with Crippen molar-refractivity contribution in [2.45, 2.75) is 43.5 Å². The van der Waals surface area contributed by atoms with Gasteiger partial charge in [0, 0.05) is 18.7 Å². The molecule has 5 nitrogen and oxygen atoms in total. The predicted molar refractivity (Wildman–Crippen MR) is 76.9 cm³/mol. The fourth-order valence-corrected chi connectivity index (χ4v) is 3.26. The summed E-state index contributed by atoms with van der Waals surface area (Å²) in [5.74, 6) is -0.151. The molecule has 0 radical (unpaired) electrons. The van der Waals surface area contributed by atoms with E-state index in [1.165, 1.54) is 6.07 Å². The molecule has 1 aromatic carbocycles. The maximum Gasteiger partial charge on any atom is 0.253 e. The predicted octanol–water partition coefficient (Wildman–Crippen LogP) is 1.52. The molecule has 0 aromatic heterocycles. The molecule has 2 rings (SSSR count). The Bertz CT molecular complexity index is 621. The van der Waals surface area contributed by atoms with Gasteiger partial charge in [-0.05, 0) is 43.4 Å². The number of carbonyl (C=O) groups excluding carboxylic acids is 1. The molecule has 6 heteroatoms. The zero-order chi connectivity index (χ0) is 14.9. The molecule has 0 aliphatic heterocycles. The number of hydrogen-bond acceptors (Lipinski definition) is 3. The number of carbonyl (C=O) groups is 1. The van der Waals surface area contributed by atoms with Crippen molar-refractivity contribution in [2.75, 3.05) is 7.05 Å². The highest BCUT2D eigenvalue weighted by Crippen LogP contribution is 2.26. The first-order valence-corrected chi connectivity index (χ1v) is 8.32. The lowest BCUT2D eigenvalue weighted by molar-refractivity contribution is 0.0652. The summed E-state index contributed by atoms with van der Waals surface area (Å²) in [7, 11) is -2.05. The van der Waals surface area contributed by atoms with E-state index in [9.17, 15) is 13.2 Å². The van der Waals surface area contributed by atoms with Crippen LogP contribution in [0.2, 0.25) is 0 Å². The Kier molecular flexibility index (Phi) is 4.15. The summed E-state index contributed by atoms with van der Waals surface area (Å²) in [4.78, 5) is 14.1. The van der Waals surface area contributed by atoms with Crippen molar-refractivity contribution in [1.29, 1.82) is 0 Å². The Morgan fingerprint density at radius 1 is 1.40 bits per heavy atom. The minimum absolute atomic E-state index is 0.0489. The Balaban J connectivity index is 2.35. The fourth-order valence-electron chi connectivity index (χ4n) is 2.39. The van der Waals surface area contributed by atoms with Crippen molar-refractivity contribution in [2.24, 2.45) is 5.14 Å². The molecule has 1 saturated carbocycles. The molecule has 1 aromatic rings. The Morgan fingerprint density at radius 3 is 2.50 bits per heavy atom. The molecule has 110 valence electrons. The molecule has 0 atom stereocenters. The summed E-state index contributed by atoms with van der Waals surface area (Å²) in [6.07, 6.45) is 3.72. The van der Waals surface area contributed by atoms with Gasteiger partial charge in [0.1, 0.15) is 0 Å². The van der Waals surface area contributed by atoms with E-state index in [1.54, 1.807) is 24.1 Å². The zero-order valence-corrected chi connectivity index (χ0v) is 12.6. The molecule has 1 aliphatic carbocycles. The first-order chi connectivity index (χ1) is 9.34. The summed E-state index contributed by atoms with van der Waals surface area (Å²) in [5.41, 5.74) is 1.01. The second-order valence-electron chi connectivity index (χ2n) is 5.22. The minimum atomic E-state index is -3.81. The Morgan fingerprint density at radius 2 is 2.05 bits per heavy atom. The van der Waals surface area contributed by atoms with Crippen LogP contribution in [0.1, 0.15) is 42.1 Å². The van der Waals surface area contributed by atoms with Crippen LogP contribution in [-0.4, -0.2) is 32.3 Å². The molecular weight excluding hydrogens is 276 g/mol. The minimum Gasteiger partial charge on any atom is -0.339 e. The average molecular weight is 296 g/mol. The highest BCUT2D eigenvalue weighted by Gasteiger charge is 2.27. The number of aryl methyl sites for hydroxylation is 1. The molecule has 0 spiro atoms. The van der Waals surface area contributed by atoms with E-state index in [0.717, 1.165) is 19.3 Å². The summed E-state index contributed by atoms with van der Waals surface area (Å²) in [6, 6.07) is 5.00. The van der Waals surface area contributed by atoms with E-state index in [1.807, 2.05) is 6.92 Å².